The Hall–Kier alpha value is -2.96. The van der Waals surface area contributed by atoms with Gasteiger partial charge in [0.15, 0.2) is 11.6 Å². The molecule has 0 aliphatic carbocycles. The number of rotatable bonds is 5. The van der Waals surface area contributed by atoms with E-state index in [-0.39, 0.29) is 30.4 Å². The van der Waals surface area contributed by atoms with Gasteiger partial charge in [-0.05, 0) is 24.3 Å². The molecule has 3 rings (SSSR count). The monoisotopic (exact) mass is 331 g/mol. The van der Waals surface area contributed by atoms with Crippen LogP contribution in [-0.2, 0) is 0 Å². The number of hydrogen-bond acceptors (Lipinski definition) is 3. The number of nitrogens with one attached hydrogen (secondary N) is 1. The van der Waals surface area contributed by atoms with E-state index in [0.717, 1.165) is 6.07 Å². The maximum atomic E-state index is 13.6. The van der Waals surface area contributed by atoms with E-state index < -0.39 is 11.6 Å². The molecule has 0 unspecified atom stereocenters. The van der Waals surface area contributed by atoms with E-state index in [1.54, 1.807) is 19.2 Å². The quantitative estimate of drug-likeness (QED) is 0.782. The fraction of sp³-hybridized carbons (Fsp3) is 0.176. The molecule has 24 heavy (non-hydrogen) atoms. The highest BCUT2D eigenvalue weighted by Crippen LogP contribution is 2.19. The average molecular weight is 331 g/mol. The lowest BCUT2D eigenvalue weighted by atomic mass is 10.1. The van der Waals surface area contributed by atoms with Crippen LogP contribution in [-0.4, -0.2) is 41.0 Å². The smallest absolute Gasteiger partial charge is 0.256 e. The molecule has 0 saturated carbocycles. The summed E-state index contributed by atoms with van der Waals surface area (Å²) in [5.41, 5.74) is 1.03. The van der Waals surface area contributed by atoms with Crippen LogP contribution in [0, 0.1) is 11.6 Å². The molecule has 5 nitrogen and oxygen atoms in total. The second-order valence-corrected chi connectivity index (χ2v) is 5.26. The normalized spacial score (nSPS) is 10.8. The number of carbonyl (C=O) groups is 1. The summed E-state index contributed by atoms with van der Waals surface area (Å²) < 4.78 is 32.4. The van der Waals surface area contributed by atoms with Gasteiger partial charge in [0.2, 0.25) is 0 Å². The Bertz CT molecular complexity index is 879. The molecule has 0 bridgehead atoms. The molecule has 3 aromatic rings. The van der Waals surface area contributed by atoms with Gasteiger partial charge in [0, 0.05) is 7.05 Å². The molecule has 1 N–H and O–H groups in total. The summed E-state index contributed by atoms with van der Waals surface area (Å²) in [7, 11) is 1.57. The summed E-state index contributed by atoms with van der Waals surface area (Å²) in [6, 6.07) is 8.47. The lowest BCUT2D eigenvalue weighted by Crippen LogP contribution is -2.31. The number of aromatic nitrogens is 2. The molecule has 0 fully saturated rings. The number of amides is 1. The lowest BCUT2D eigenvalue weighted by molar-refractivity contribution is 0.0774. The van der Waals surface area contributed by atoms with Crippen molar-refractivity contribution in [2.45, 2.75) is 0 Å². The summed E-state index contributed by atoms with van der Waals surface area (Å²) in [4.78, 5) is 20.7. The first-order valence-corrected chi connectivity index (χ1v) is 7.31. The van der Waals surface area contributed by atoms with Crippen molar-refractivity contribution in [3.63, 3.8) is 0 Å². The number of fused-ring (bicyclic) bond motifs is 1. The molecular formula is C17H15F2N3O2. The van der Waals surface area contributed by atoms with Gasteiger partial charge in [0.1, 0.15) is 17.9 Å². The van der Waals surface area contributed by atoms with Crippen LogP contribution in [0.25, 0.3) is 11.0 Å². The van der Waals surface area contributed by atoms with Crippen LogP contribution in [0.3, 0.4) is 0 Å². The second-order valence-electron chi connectivity index (χ2n) is 5.26. The molecular weight excluding hydrogens is 316 g/mol. The van der Waals surface area contributed by atoms with E-state index >= 15 is 0 Å². The van der Waals surface area contributed by atoms with Crippen LogP contribution in [0.2, 0.25) is 0 Å². The summed E-state index contributed by atoms with van der Waals surface area (Å²) in [6.45, 7) is 0.331. The number of para-hydroxylation sites is 1. The van der Waals surface area contributed by atoms with Gasteiger partial charge < -0.3 is 14.6 Å². The third-order valence-corrected chi connectivity index (χ3v) is 3.59. The number of H-pyrrole nitrogens is 1. The highest BCUT2D eigenvalue weighted by Gasteiger charge is 2.18. The fourth-order valence-electron chi connectivity index (χ4n) is 2.34. The van der Waals surface area contributed by atoms with E-state index in [4.69, 9.17) is 4.74 Å². The molecule has 0 atom stereocenters. The van der Waals surface area contributed by atoms with Gasteiger partial charge in [0.05, 0.1) is 24.0 Å². The Kier molecular flexibility index (Phi) is 4.41. The molecule has 1 amide bonds. The van der Waals surface area contributed by atoms with Crippen LogP contribution < -0.4 is 4.74 Å². The predicted molar refractivity (Wildman–Crippen MR) is 84.9 cm³/mol. The standard InChI is InChI=1S/C17H15F2N3O2/c1-22(6-7-24-15-5-3-2-4-13(15)19)17(23)12-8-11(18)9-14-16(12)21-10-20-14/h2-5,8-10H,6-7H2,1H3,(H,20,21). The Morgan fingerprint density at radius 2 is 2.08 bits per heavy atom. The van der Waals surface area contributed by atoms with Crippen LogP contribution >= 0.6 is 0 Å². The summed E-state index contributed by atoms with van der Waals surface area (Å²) in [5.74, 6) is -1.25. The largest absolute Gasteiger partial charge is 0.489 e. The van der Waals surface area contributed by atoms with Crippen LogP contribution in [0.5, 0.6) is 5.75 Å². The maximum Gasteiger partial charge on any atom is 0.256 e. The van der Waals surface area contributed by atoms with Crippen molar-refractivity contribution in [2.75, 3.05) is 20.2 Å². The highest BCUT2D eigenvalue weighted by atomic mass is 19.1. The molecule has 0 aliphatic heterocycles. The van der Waals surface area contributed by atoms with Gasteiger partial charge in [-0.15, -0.1) is 0 Å². The lowest BCUT2D eigenvalue weighted by Gasteiger charge is -2.18. The molecule has 2 aromatic carbocycles. The Labute approximate surface area is 136 Å². The summed E-state index contributed by atoms with van der Waals surface area (Å²) >= 11 is 0. The molecule has 0 radical (unpaired) electrons. The zero-order valence-corrected chi connectivity index (χ0v) is 12.9. The minimum atomic E-state index is -0.522. The predicted octanol–water partition coefficient (Wildman–Crippen LogP) is 2.99. The first-order valence-electron chi connectivity index (χ1n) is 7.31. The van der Waals surface area contributed by atoms with Crippen molar-refractivity contribution in [3.05, 3.63) is 59.9 Å². The van der Waals surface area contributed by atoms with Gasteiger partial charge in [-0.25, -0.2) is 13.8 Å². The van der Waals surface area contributed by atoms with Gasteiger partial charge >= 0.3 is 0 Å². The fourth-order valence-corrected chi connectivity index (χ4v) is 2.34. The molecule has 124 valence electrons. The van der Waals surface area contributed by atoms with Crippen molar-refractivity contribution in [3.8, 4) is 5.75 Å². The number of aromatic amines is 1. The number of halogens is 2. The number of benzene rings is 2. The maximum absolute atomic E-state index is 13.6. The van der Waals surface area contributed by atoms with Crippen LogP contribution in [0.15, 0.2) is 42.7 Å². The highest BCUT2D eigenvalue weighted by molar-refractivity contribution is 6.04. The number of ether oxygens (including phenoxy) is 1. The van der Waals surface area contributed by atoms with Gasteiger partial charge in [-0.3, -0.25) is 4.79 Å². The Balaban J connectivity index is 1.68. The Morgan fingerprint density at radius 3 is 2.88 bits per heavy atom. The molecule has 7 heteroatoms. The zero-order chi connectivity index (χ0) is 17.1. The van der Waals surface area contributed by atoms with E-state index in [1.807, 2.05) is 0 Å². The SMILES string of the molecule is CN(CCOc1ccccc1F)C(=O)c1cc(F)cc2[nH]cnc12. The average Bonchev–Trinajstić information content (AvgIpc) is 3.03. The third kappa shape index (κ3) is 3.19. The van der Waals surface area contributed by atoms with Crippen molar-refractivity contribution in [1.82, 2.24) is 14.9 Å². The molecule has 0 spiro atoms. The van der Waals surface area contributed by atoms with Crippen molar-refractivity contribution in [1.29, 1.82) is 0 Å². The van der Waals surface area contributed by atoms with Crippen molar-refractivity contribution < 1.29 is 18.3 Å². The number of imidazole rings is 1. The van der Waals surface area contributed by atoms with E-state index in [0.29, 0.717) is 11.0 Å². The van der Waals surface area contributed by atoms with Crippen LogP contribution in [0.1, 0.15) is 10.4 Å². The minimum absolute atomic E-state index is 0.113. The topological polar surface area (TPSA) is 58.2 Å². The molecule has 1 aromatic heterocycles. The summed E-state index contributed by atoms with van der Waals surface area (Å²) in [5, 5.41) is 0. The second kappa shape index (κ2) is 6.66. The van der Waals surface area contributed by atoms with E-state index in [9.17, 15) is 13.6 Å². The van der Waals surface area contributed by atoms with Crippen molar-refractivity contribution in [2.24, 2.45) is 0 Å². The first kappa shape index (κ1) is 15.9. The number of carbonyl (C=O) groups excluding carboxylic acids is 1. The third-order valence-electron chi connectivity index (χ3n) is 3.59. The Morgan fingerprint density at radius 1 is 1.29 bits per heavy atom. The number of likely N-dealkylation sites (N-methyl/N-ethyl adjacent to an activating group) is 1. The van der Waals surface area contributed by atoms with E-state index in [1.165, 1.54) is 29.4 Å². The van der Waals surface area contributed by atoms with Gasteiger partial charge in [-0.1, -0.05) is 12.1 Å². The van der Waals surface area contributed by atoms with Gasteiger partial charge in [0.25, 0.3) is 5.91 Å². The zero-order valence-electron chi connectivity index (χ0n) is 12.9. The van der Waals surface area contributed by atoms with E-state index in [2.05, 4.69) is 9.97 Å². The molecule has 1 heterocycles. The molecule has 0 aliphatic rings. The minimum Gasteiger partial charge on any atom is -0.489 e. The molecule has 0 saturated heterocycles. The summed E-state index contributed by atoms with van der Waals surface area (Å²) in [6.07, 6.45) is 1.40. The van der Waals surface area contributed by atoms with Crippen LogP contribution in [0.4, 0.5) is 8.78 Å². The van der Waals surface area contributed by atoms with Crippen molar-refractivity contribution >= 4 is 16.9 Å². The number of hydrogen-bond donors (Lipinski definition) is 1. The number of nitrogens with zero attached hydrogens (tertiary/aromatic N) is 2. The van der Waals surface area contributed by atoms with Gasteiger partial charge in [-0.2, -0.15) is 0 Å². The first-order chi connectivity index (χ1) is 11.6.